The number of nitrogens with zero attached hydrogens (tertiary/aromatic N) is 2. The maximum atomic E-state index is 13.8. The molecule has 1 aliphatic heterocycles. The van der Waals surface area contributed by atoms with E-state index in [0.717, 1.165) is 61.1 Å². The van der Waals surface area contributed by atoms with Gasteiger partial charge in [0.2, 0.25) is 0 Å². The van der Waals surface area contributed by atoms with E-state index in [0.29, 0.717) is 37.2 Å². The van der Waals surface area contributed by atoms with Crippen LogP contribution >= 0.6 is 11.3 Å². The predicted octanol–water partition coefficient (Wildman–Crippen LogP) is 4.70. The highest BCUT2D eigenvalue weighted by atomic mass is 32.1. The van der Waals surface area contributed by atoms with E-state index in [-0.39, 0.29) is 17.6 Å². The quantitative estimate of drug-likeness (QED) is 0.492. The SMILES string of the molecule is CCOC(CN)CC1CCC(N(C)c2sc3c(c2C)C(=O)N(Cc2c(C)cc(C)[nH]c2=O)CCC3)CC1. The number of hydrogen-bond donors (Lipinski definition) is 2. The largest absolute Gasteiger partial charge is 0.377 e. The molecule has 2 aliphatic rings. The van der Waals surface area contributed by atoms with E-state index in [4.69, 9.17) is 10.5 Å². The standard InChI is InChI=1S/C29H44N4O3S/c1-6-36-23(16-30)15-21-9-11-22(12-10-21)32(5)29-20(4)26-25(37-29)8-7-13-33(28(26)35)17-24-18(2)14-19(3)31-27(24)34/h14,21-23H,6-13,15-17,30H2,1-5H3,(H,31,34). The van der Waals surface area contributed by atoms with Gasteiger partial charge in [-0.25, -0.2) is 0 Å². The first-order chi connectivity index (χ1) is 17.7. The number of amides is 1. The third-order valence-electron chi connectivity index (χ3n) is 8.32. The molecule has 1 amide bonds. The summed E-state index contributed by atoms with van der Waals surface area (Å²) in [5.41, 5.74) is 10.2. The number of H-pyrrole nitrogens is 1. The van der Waals surface area contributed by atoms with Gasteiger partial charge in [-0.3, -0.25) is 9.59 Å². The second-order valence-electron chi connectivity index (χ2n) is 10.9. The zero-order valence-electron chi connectivity index (χ0n) is 23.2. The topological polar surface area (TPSA) is 91.7 Å². The number of nitrogens with one attached hydrogen (secondary N) is 1. The summed E-state index contributed by atoms with van der Waals surface area (Å²) >= 11 is 1.79. The molecule has 4 rings (SSSR count). The first kappa shape index (κ1) is 27.9. The Morgan fingerprint density at radius 3 is 2.59 bits per heavy atom. The zero-order chi connectivity index (χ0) is 26.7. The molecule has 1 atom stereocenters. The summed E-state index contributed by atoms with van der Waals surface area (Å²) in [5.74, 6) is 0.738. The predicted molar refractivity (Wildman–Crippen MR) is 152 cm³/mol. The Kier molecular flexibility index (Phi) is 9.14. The molecule has 3 heterocycles. The second kappa shape index (κ2) is 12.1. The molecular formula is C29H44N4O3S. The van der Waals surface area contributed by atoms with Crippen LogP contribution in [0.15, 0.2) is 10.9 Å². The maximum absolute atomic E-state index is 13.8. The molecular weight excluding hydrogens is 484 g/mol. The molecule has 8 heteroatoms. The fraction of sp³-hybridized carbons (Fsp3) is 0.655. The molecule has 0 spiro atoms. The average molecular weight is 529 g/mol. The molecule has 2 aromatic rings. The lowest BCUT2D eigenvalue weighted by atomic mass is 9.82. The highest BCUT2D eigenvalue weighted by Crippen LogP contribution is 2.41. The number of thiophene rings is 1. The van der Waals surface area contributed by atoms with Gasteiger partial charge < -0.3 is 25.3 Å². The fourth-order valence-corrected chi connectivity index (χ4v) is 7.61. The van der Waals surface area contributed by atoms with Crippen molar-refractivity contribution in [1.82, 2.24) is 9.88 Å². The molecule has 7 nitrogen and oxygen atoms in total. The lowest BCUT2D eigenvalue weighted by Crippen LogP contribution is -2.37. The number of anilines is 1. The highest BCUT2D eigenvalue weighted by Gasteiger charge is 2.32. The van der Waals surface area contributed by atoms with Gasteiger partial charge in [-0.15, -0.1) is 11.3 Å². The van der Waals surface area contributed by atoms with Crippen LogP contribution in [-0.2, 0) is 17.7 Å². The number of ether oxygens (including phenoxy) is 1. The molecule has 1 unspecified atom stereocenters. The van der Waals surface area contributed by atoms with E-state index in [1.165, 1.54) is 22.7 Å². The number of nitrogens with two attached hydrogens (primary N) is 1. The van der Waals surface area contributed by atoms with Crippen LogP contribution in [0.5, 0.6) is 0 Å². The second-order valence-corrected chi connectivity index (χ2v) is 12.0. The molecule has 1 aliphatic carbocycles. The van der Waals surface area contributed by atoms with E-state index >= 15 is 0 Å². The van der Waals surface area contributed by atoms with Crippen molar-refractivity contribution in [2.75, 3.05) is 31.6 Å². The van der Waals surface area contributed by atoms with Crippen molar-refractivity contribution in [2.24, 2.45) is 11.7 Å². The third kappa shape index (κ3) is 6.13. The van der Waals surface area contributed by atoms with Gasteiger partial charge in [0.1, 0.15) is 0 Å². The minimum atomic E-state index is -0.0909. The maximum Gasteiger partial charge on any atom is 0.255 e. The minimum Gasteiger partial charge on any atom is -0.377 e. The van der Waals surface area contributed by atoms with Crippen molar-refractivity contribution < 1.29 is 9.53 Å². The smallest absolute Gasteiger partial charge is 0.255 e. The first-order valence-electron chi connectivity index (χ1n) is 13.9. The van der Waals surface area contributed by atoms with Crippen LogP contribution < -0.4 is 16.2 Å². The number of hydrogen-bond acceptors (Lipinski definition) is 6. The molecule has 0 aromatic carbocycles. The number of aryl methyl sites for hydroxylation is 3. The summed E-state index contributed by atoms with van der Waals surface area (Å²) in [6.07, 6.45) is 7.75. The van der Waals surface area contributed by atoms with E-state index in [2.05, 4.69) is 23.9 Å². The Hall–Kier alpha value is -2.16. The van der Waals surface area contributed by atoms with E-state index < -0.39 is 0 Å². The van der Waals surface area contributed by atoms with Crippen molar-refractivity contribution in [1.29, 1.82) is 0 Å². The van der Waals surface area contributed by atoms with E-state index in [9.17, 15) is 9.59 Å². The highest BCUT2D eigenvalue weighted by molar-refractivity contribution is 7.16. The Morgan fingerprint density at radius 1 is 1.22 bits per heavy atom. The average Bonchev–Trinajstić information content (AvgIpc) is 3.11. The summed E-state index contributed by atoms with van der Waals surface area (Å²) in [4.78, 5) is 34.8. The van der Waals surface area contributed by atoms with Gasteiger partial charge >= 0.3 is 0 Å². The van der Waals surface area contributed by atoms with Gasteiger partial charge in [0.25, 0.3) is 11.5 Å². The Morgan fingerprint density at radius 2 is 1.95 bits per heavy atom. The van der Waals surface area contributed by atoms with Crippen LogP contribution in [0.25, 0.3) is 0 Å². The summed E-state index contributed by atoms with van der Waals surface area (Å²) in [6.45, 7) is 10.3. The van der Waals surface area contributed by atoms with Crippen LogP contribution in [0.4, 0.5) is 5.00 Å². The lowest BCUT2D eigenvalue weighted by Gasteiger charge is -2.36. The van der Waals surface area contributed by atoms with Crippen LogP contribution in [0.3, 0.4) is 0 Å². The molecule has 2 aromatic heterocycles. The molecule has 1 fully saturated rings. The van der Waals surface area contributed by atoms with Crippen LogP contribution in [-0.4, -0.2) is 54.7 Å². The summed E-state index contributed by atoms with van der Waals surface area (Å²) in [7, 11) is 2.20. The Bertz CT molecular complexity index is 1150. The van der Waals surface area contributed by atoms with Gasteiger partial charge in [0, 0.05) is 48.9 Å². The first-order valence-corrected chi connectivity index (χ1v) is 14.7. The Labute approximate surface area is 225 Å². The molecule has 1 saturated carbocycles. The van der Waals surface area contributed by atoms with Crippen molar-refractivity contribution in [3.8, 4) is 0 Å². The van der Waals surface area contributed by atoms with Crippen molar-refractivity contribution in [3.05, 3.63) is 49.2 Å². The van der Waals surface area contributed by atoms with Gasteiger partial charge in [-0.2, -0.15) is 0 Å². The number of carbonyl (C=O) groups is 1. The third-order valence-corrected chi connectivity index (χ3v) is 9.76. The summed E-state index contributed by atoms with van der Waals surface area (Å²) in [5, 5.41) is 1.22. The van der Waals surface area contributed by atoms with Crippen LogP contribution in [0.2, 0.25) is 0 Å². The molecule has 0 radical (unpaired) electrons. The minimum absolute atomic E-state index is 0.0627. The Balaban J connectivity index is 1.47. The van der Waals surface area contributed by atoms with Gasteiger partial charge in [0.05, 0.1) is 23.2 Å². The normalized spacial score (nSPS) is 21.0. The van der Waals surface area contributed by atoms with Crippen LogP contribution in [0, 0.1) is 26.7 Å². The number of rotatable bonds is 9. The lowest BCUT2D eigenvalue weighted by molar-refractivity contribution is 0.0452. The number of pyridine rings is 1. The monoisotopic (exact) mass is 528 g/mol. The summed E-state index contributed by atoms with van der Waals surface area (Å²) < 4.78 is 5.80. The summed E-state index contributed by atoms with van der Waals surface area (Å²) in [6, 6.07) is 2.47. The fourth-order valence-electron chi connectivity index (χ4n) is 6.24. The van der Waals surface area contributed by atoms with Crippen molar-refractivity contribution in [2.45, 2.75) is 91.3 Å². The van der Waals surface area contributed by atoms with Crippen molar-refractivity contribution >= 4 is 22.2 Å². The molecule has 0 bridgehead atoms. The van der Waals surface area contributed by atoms with Gasteiger partial charge in [0.15, 0.2) is 0 Å². The number of fused-ring (bicyclic) bond motifs is 1. The number of aromatic amines is 1. The van der Waals surface area contributed by atoms with E-state index in [1.807, 2.05) is 31.7 Å². The van der Waals surface area contributed by atoms with Crippen LogP contribution in [0.1, 0.15) is 83.1 Å². The number of carbonyl (C=O) groups excluding carboxylic acids is 1. The van der Waals surface area contributed by atoms with Gasteiger partial charge in [-0.1, -0.05) is 0 Å². The molecule has 0 saturated heterocycles. The number of aromatic nitrogens is 1. The van der Waals surface area contributed by atoms with Crippen molar-refractivity contribution in [3.63, 3.8) is 0 Å². The van der Waals surface area contributed by atoms with Gasteiger partial charge in [-0.05, 0) is 95.8 Å². The zero-order valence-corrected chi connectivity index (χ0v) is 24.0. The molecule has 37 heavy (non-hydrogen) atoms. The van der Waals surface area contributed by atoms with E-state index in [1.54, 1.807) is 11.3 Å². The molecule has 204 valence electrons. The molecule has 3 N–H and O–H groups in total.